The summed E-state index contributed by atoms with van der Waals surface area (Å²) in [6.45, 7) is 0. The van der Waals surface area contributed by atoms with Gasteiger partial charge in [-0.05, 0) is 48.5 Å². The van der Waals surface area contributed by atoms with E-state index >= 15 is 0 Å². The Kier molecular flexibility index (Phi) is 6.54. The van der Waals surface area contributed by atoms with Gasteiger partial charge in [0.25, 0.3) is 11.8 Å². The summed E-state index contributed by atoms with van der Waals surface area (Å²) in [5.74, 6) is -1.02. The standard InChI is InChI=1S/C25H19N7O3S/c33-21(14-36-25-22-29-26-15-32(22)20-9-5-4-8-19(20)28-25)27-18-12-10-17(11-13-18)24(35)31-30-23(34)16-6-2-1-3-7-16/h1-13,15H,14H2,(H,27,33)(H,30,34)(H,31,35). The van der Waals surface area contributed by atoms with Crippen LogP contribution in [0.3, 0.4) is 0 Å². The SMILES string of the molecule is O=C(CSc1nc2ccccc2n2cnnc12)Nc1ccc(C(=O)NNC(=O)c2ccccc2)cc1. The van der Waals surface area contributed by atoms with Gasteiger partial charge in [0.2, 0.25) is 5.91 Å². The normalized spacial score (nSPS) is 10.8. The summed E-state index contributed by atoms with van der Waals surface area (Å²) in [5.41, 5.74) is 8.27. The van der Waals surface area contributed by atoms with E-state index in [-0.39, 0.29) is 11.7 Å². The van der Waals surface area contributed by atoms with E-state index in [9.17, 15) is 14.4 Å². The zero-order valence-corrected chi connectivity index (χ0v) is 19.5. The number of aromatic nitrogens is 4. The van der Waals surface area contributed by atoms with Crippen LogP contribution in [0.1, 0.15) is 20.7 Å². The lowest BCUT2D eigenvalue weighted by atomic mass is 10.2. The highest BCUT2D eigenvalue weighted by molar-refractivity contribution is 8.00. The summed E-state index contributed by atoms with van der Waals surface area (Å²) >= 11 is 1.26. The summed E-state index contributed by atoms with van der Waals surface area (Å²) in [7, 11) is 0. The molecule has 0 bridgehead atoms. The summed E-state index contributed by atoms with van der Waals surface area (Å²) in [6.07, 6.45) is 1.62. The van der Waals surface area contributed by atoms with Gasteiger partial charge in [-0.2, -0.15) is 0 Å². The Labute approximate surface area is 209 Å². The van der Waals surface area contributed by atoms with Crippen molar-refractivity contribution in [2.45, 2.75) is 5.03 Å². The van der Waals surface area contributed by atoms with Crippen molar-refractivity contribution in [3.8, 4) is 0 Å². The number of hydrazine groups is 1. The molecule has 5 aromatic rings. The van der Waals surface area contributed by atoms with E-state index in [2.05, 4.69) is 31.3 Å². The third-order valence-corrected chi connectivity index (χ3v) is 6.15. The second-order valence-corrected chi connectivity index (χ2v) is 8.58. The highest BCUT2D eigenvalue weighted by Gasteiger charge is 2.13. The molecule has 0 aliphatic rings. The van der Waals surface area contributed by atoms with Gasteiger partial charge in [-0.1, -0.05) is 42.1 Å². The molecule has 36 heavy (non-hydrogen) atoms. The number of amides is 3. The number of hydrogen-bond acceptors (Lipinski definition) is 7. The molecular weight excluding hydrogens is 478 g/mol. The number of thioether (sulfide) groups is 1. The molecule has 3 amide bonds. The lowest BCUT2D eigenvalue weighted by Crippen LogP contribution is -2.41. The van der Waals surface area contributed by atoms with E-state index in [0.29, 0.717) is 27.5 Å². The van der Waals surface area contributed by atoms with E-state index in [0.717, 1.165) is 11.0 Å². The van der Waals surface area contributed by atoms with Crippen LogP contribution in [0.5, 0.6) is 0 Å². The van der Waals surface area contributed by atoms with Gasteiger partial charge >= 0.3 is 0 Å². The van der Waals surface area contributed by atoms with Crippen molar-refractivity contribution in [2.24, 2.45) is 0 Å². The largest absolute Gasteiger partial charge is 0.325 e. The molecule has 178 valence electrons. The maximum Gasteiger partial charge on any atom is 0.269 e. The molecule has 2 heterocycles. The molecule has 0 fully saturated rings. The fourth-order valence-corrected chi connectivity index (χ4v) is 4.23. The zero-order chi connectivity index (χ0) is 24.9. The third-order valence-electron chi connectivity index (χ3n) is 5.20. The number of benzene rings is 3. The average molecular weight is 498 g/mol. The Balaban J connectivity index is 1.16. The molecule has 2 aromatic heterocycles. The quantitative estimate of drug-likeness (QED) is 0.243. The van der Waals surface area contributed by atoms with Crippen molar-refractivity contribution >= 4 is 51.9 Å². The van der Waals surface area contributed by atoms with E-state index in [1.54, 1.807) is 60.9 Å². The first kappa shape index (κ1) is 23.0. The highest BCUT2D eigenvalue weighted by Crippen LogP contribution is 2.24. The second kappa shape index (κ2) is 10.2. The van der Waals surface area contributed by atoms with Gasteiger partial charge in [0, 0.05) is 16.8 Å². The first-order valence-electron chi connectivity index (χ1n) is 10.9. The topological polar surface area (TPSA) is 130 Å². The molecule has 0 unspecified atom stereocenters. The molecule has 10 nitrogen and oxygen atoms in total. The number of carbonyl (C=O) groups is 3. The lowest BCUT2D eigenvalue weighted by molar-refractivity contribution is -0.113. The van der Waals surface area contributed by atoms with Crippen LogP contribution in [-0.2, 0) is 4.79 Å². The maximum absolute atomic E-state index is 12.5. The van der Waals surface area contributed by atoms with Crippen LogP contribution in [0.2, 0.25) is 0 Å². The molecule has 0 spiro atoms. The van der Waals surface area contributed by atoms with E-state index in [1.165, 1.54) is 11.8 Å². The number of carbonyl (C=O) groups excluding carboxylic acids is 3. The van der Waals surface area contributed by atoms with Gasteiger partial charge in [0.15, 0.2) is 5.65 Å². The van der Waals surface area contributed by atoms with Crippen LogP contribution < -0.4 is 16.2 Å². The van der Waals surface area contributed by atoms with E-state index in [1.807, 2.05) is 28.7 Å². The fraction of sp³-hybridized carbons (Fsp3) is 0.0400. The second-order valence-electron chi connectivity index (χ2n) is 7.62. The Morgan fingerprint density at radius 3 is 2.22 bits per heavy atom. The van der Waals surface area contributed by atoms with Gasteiger partial charge in [0.1, 0.15) is 11.4 Å². The number of fused-ring (bicyclic) bond motifs is 3. The first-order chi connectivity index (χ1) is 17.6. The third kappa shape index (κ3) is 5.00. The minimum atomic E-state index is -0.479. The molecular formula is C25H19N7O3S. The summed E-state index contributed by atoms with van der Waals surface area (Å²) in [4.78, 5) is 41.5. The Hall–Kier alpha value is -4.77. The van der Waals surface area contributed by atoms with Crippen LogP contribution in [0.15, 0.2) is 90.2 Å². The summed E-state index contributed by atoms with van der Waals surface area (Å²) < 4.78 is 1.84. The molecule has 11 heteroatoms. The molecule has 5 rings (SSSR count). The van der Waals surface area contributed by atoms with Crippen LogP contribution in [0, 0.1) is 0 Å². The fourth-order valence-electron chi connectivity index (χ4n) is 3.46. The zero-order valence-electron chi connectivity index (χ0n) is 18.7. The van der Waals surface area contributed by atoms with Crippen molar-refractivity contribution < 1.29 is 14.4 Å². The van der Waals surface area contributed by atoms with Gasteiger partial charge in [-0.15, -0.1) is 10.2 Å². The number of hydrogen-bond donors (Lipinski definition) is 3. The Morgan fingerprint density at radius 1 is 0.806 bits per heavy atom. The van der Waals surface area contributed by atoms with Gasteiger partial charge < -0.3 is 5.32 Å². The minimum absolute atomic E-state index is 0.113. The van der Waals surface area contributed by atoms with E-state index < -0.39 is 11.8 Å². The number of anilines is 1. The van der Waals surface area contributed by atoms with Crippen molar-refractivity contribution in [1.29, 1.82) is 0 Å². The maximum atomic E-state index is 12.5. The lowest BCUT2D eigenvalue weighted by Gasteiger charge is -2.09. The van der Waals surface area contributed by atoms with Crippen molar-refractivity contribution in [3.05, 3.63) is 96.3 Å². The van der Waals surface area contributed by atoms with Gasteiger partial charge in [-0.3, -0.25) is 29.6 Å². The highest BCUT2D eigenvalue weighted by atomic mass is 32.2. The molecule has 0 radical (unpaired) electrons. The number of nitrogens with one attached hydrogen (secondary N) is 3. The van der Waals surface area contributed by atoms with Crippen molar-refractivity contribution in [2.75, 3.05) is 11.1 Å². The van der Waals surface area contributed by atoms with Crippen LogP contribution in [-0.4, -0.2) is 43.1 Å². The van der Waals surface area contributed by atoms with Crippen LogP contribution >= 0.6 is 11.8 Å². The first-order valence-corrected chi connectivity index (χ1v) is 11.8. The van der Waals surface area contributed by atoms with Crippen molar-refractivity contribution in [1.82, 2.24) is 30.4 Å². The molecule has 3 aromatic carbocycles. The van der Waals surface area contributed by atoms with Crippen molar-refractivity contribution in [3.63, 3.8) is 0 Å². The monoisotopic (exact) mass is 497 g/mol. The predicted molar refractivity (Wildman–Crippen MR) is 135 cm³/mol. The number of rotatable bonds is 6. The summed E-state index contributed by atoms with van der Waals surface area (Å²) in [5, 5.41) is 11.5. The number of nitrogens with zero attached hydrogens (tertiary/aromatic N) is 4. The molecule has 0 aliphatic carbocycles. The molecule has 0 saturated carbocycles. The molecule has 0 atom stereocenters. The minimum Gasteiger partial charge on any atom is -0.325 e. The molecule has 3 N–H and O–H groups in total. The van der Waals surface area contributed by atoms with Gasteiger partial charge in [0.05, 0.1) is 16.8 Å². The van der Waals surface area contributed by atoms with Crippen LogP contribution in [0.4, 0.5) is 5.69 Å². The smallest absolute Gasteiger partial charge is 0.269 e. The summed E-state index contributed by atoms with van der Waals surface area (Å²) in [6, 6.07) is 22.5. The molecule has 0 saturated heterocycles. The number of para-hydroxylation sites is 2. The van der Waals surface area contributed by atoms with Gasteiger partial charge in [-0.25, -0.2) is 4.98 Å². The van der Waals surface area contributed by atoms with Crippen LogP contribution in [0.25, 0.3) is 16.7 Å². The predicted octanol–water partition coefficient (Wildman–Crippen LogP) is 3.08. The Bertz CT molecular complexity index is 1570. The Morgan fingerprint density at radius 2 is 1.47 bits per heavy atom. The average Bonchev–Trinajstić information content (AvgIpc) is 3.42. The van der Waals surface area contributed by atoms with E-state index in [4.69, 9.17) is 0 Å². The molecule has 0 aliphatic heterocycles.